The van der Waals surface area contributed by atoms with Crippen molar-refractivity contribution in [1.29, 1.82) is 0 Å². The third kappa shape index (κ3) is 2.23. The van der Waals surface area contributed by atoms with Gasteiger partial charge in [0.15, 0.2) is 0 Å². The van der Waals surface area contributed by atoms with E-state index in [9.17, 15) is 5.11 Å². The van der Waals surface area contributed by atoms with Crippen molar-refractivity contribution in [2.24, 2.45) is 0 Å². The summed E-state index contributed by atoms with van der Waals surface area (Å²) in [6.45, 7) is 6.06. The third-order valence-electron chi connectivity index (χ3n) is 2.22. The summed E-state index contributed by atoms with van der Waals surface area (Å²) in [7, 11) is 0. The van der Waals surface area contributed by atoms with E-state index in [0.717, 1.165) is 16.7 Å². The van der Waals surface area contributed by atoms with E-state index in [1.165, 1.54) is 5.56 Å². The molecule has 1 rings (SSSR count). The third-order valence-corrected chi connectivity index (χ3v) is 2.51. The molecule has 1 nitrogen and oxygen atoms in total. The summed E-state index contributed by atoms with van der Waals surface area (Å²) in [5.41, 5.74) is 4.43. The monoisotopic (exact) mass is 198 g/mol. The molecule has 0 unspecified atom stereocenters. The van der Waals surface area contributed by atoms with Crippen LogP contribution in [0.2, 0.25) is 0 Å². The van der Waals surface area contributed by atoms with E-state index in [2.05, 4.69) is 19.1 Å². The van der Waals surface area contributed by atoms with Crippen LogP contribution in [0.25, 0.3) is 0 Å². The Morgan fingerprint density at radius 1 is 1.23 bits per heavy atom. The molecule has 0 radical (unpaired) electrons. The molecule has 1 aromatic carbocycles. The molecule has 0 aliphatic carbocycles. The number of rotatable bonds is 2. The normalized spacial score (nSPS) is 13.0. The van der Waals surface area contributed by atoms with Crippen LogP contribution in [0.3, 0.4) is 0 Å². The second-order valence-corrected chi connectivity index (χ2v) is 3.79. The van der Waals surface area contributed by atoms with Crippen LogP contribution >= 0.6 is 11.6 Å². The van der Waals surface area contributed by atoms with Crippen LogP contribution < -0.4 is 0 Å². The lowest BCUT2D eigenvalue weighted by molar-refractivity contribution is 0.201. The summed E-state index contributed by atoms with van der Waals surface area (Å²) >= 11 is 5.62. The Morgan fingerprint density at radius 2 is 1.69 bits per heavy atom. The number of hydrogen-bond acceptors (Lipinski definition) is 1. The van der Waals surface area contributed by atoms with Crippen molar-refractivity contribution >= 4 is 11.6 Å². The van der Waals surface area contributed by atoms with Gasteiger partial charge in [-0.05, 0) is 37.5 Å². The van der Waals surface area contributed by atoms with Gasteiger partial charge in [-0.1, -0.05) is 17.7 Å². The molecule has 0 spiro atoms. The molecule has 0 saturated carbocycles. The molecule has 0 heterocycles. The quantitative estimate of drug-likeness (QED) is 0.725. The van der Waals surface area contributed by atoms with Crippen LogP contribution in [0.1, 0.15) is 28.4 Å². The van der Waals surface area contributed by atoms with Gasteiger partial charge in [-0.15, -0.1) is 11.6 Å². The first-order valence-corrected chi connectivity index (χ1v) is 4.91. The molecule has 1 N–H and O–H groups in total. The van der Waals surface area contributed by atoms with Crippen LogP contribution in [-0.4, -0.2) is 11.0 Å². The fraction of sp³-hybridized carbons (Fsp3) is 0.455. The smallest absolute Gasteiger partial charge is 0.0930 e. The summed E-state index contributed by atoms with van der Waals surface area (Å²) < 4.78 is 0. The lowest BCUT2D eigenvalue weighted by Crippen LogP contribution is -2.04. The molecular formula is C11H15ClO. The largest absolute Gasteiger partial charge is 0.387 e. The van der Waals surface area contributed by atoms with Gasteiger partial charge in [0.05, 0.1) is 12.0 Å². The Hall–Kier alpha value is -0.530. The molecular weight excluding hydrogens is 184 g/mol. The summed E-state index contributed by atoms with van der Waals surface area (Å²) in [6.07, 6.45) is -0.540. The number of aliphatic hydroxyl groups excluding tert-OH is 1. The molecule has 1 aromatic rings. The summed E-state index contributed by atoms with van der Waals surface area (Å²) in [5.74, 6) is 0.255. The Labute approximate surface area is 84.4 Å². The van der Waals surface area contributed by atoms with Gasteiger partial charge in [-0.3, -0.25) is 0 Å². The lowest BCUT2D eigenvalue weighted by Gasteiger charge is -2.14. The second kappa shape index (κ2) is 4.12. The predicted molar refractivity (Wildman–Crippen MR) is 56.3 cm³/mol. The Bertz CT molecular complexity index is 284. The fourth-order valence-corrected chi connectivity index (χ4v) is 1.95. The van der Waals surface area contributed by atoms with E-state index in [1.54, 1.807) is 0 Å². The number of aliphatic hydroxyl groups is 1. The van der Waals surface area contributed by atoms with Crippen LogP contribution in [0.4, 0.5) is 0 Å². The van der Waals surface area contributed by atoms with Crippen molar-refractivity contribution in [1.82, 2.24) is 0 Å². The van der Waals surface area contributed by atoms with E-state index < -0.39 is 6.10 Å². The lowest BCUT2D eigenvalue weighted by atomic mass is 9.96. The van der Waals surface area contributed by atoms with Crippen molar-refractivity contribution in [3.8, 4) is 0 Å². The van der Waals surface area contributed by atoms with Gasteiger partial charge in [-0.25, -0.2) is 0 Å². The standard InChI is InChI=1S/C11H15ClO/c1-7-4-8(2)11(9(3)5-7)10(13)6-12/h4-5,10,13H,6H2,1-3H3/t10-/m1/s1. The van der Waals surface area contributed by atoms with E-state index in [4.69, 9.17) is 11.6 Å². The van der Waals surface area contributed by atoms with Gasteiger partial charge in [0.25, 0.3) is 0 Å². The first-order chi connectivity index (χ1) is 6.06. The molecule has 2 heteroatoms. The van der Waals surface area contributed by atoms with E-state index in [0.29, 0.717) is 0 Å². The molecule has 0 bridgehead atoms. The number of alkyl halides is 1. The Kier molecular flexibility index (Phi) is 3.34. The first kappa shape index (κ1) is 10.6. The summed E-state index contributed by atoms with van der Waals surface area (Å²) in [4.78, 5) is 0. The minimum Gasteiger partial charge on any atom is -0.387 e. The highest BCUT2D eigenvalue weighted by atomic mass is 35.5. The zero-order valence-corrected chi connectivity index (χ0v) is 9.02. The van der Waals surface area contributed by atoms with Crippen molar-refractivity contribution in [2.45, 2.75) is 26.9 Å². The van der Waals surface area contributed by atoms with Gasteiger partial charge in [0, 0.05) is 0 Å². The highest BCUT2D eigenvalue weighted by Gasteiger charge is 2.11. The molecule has 13 heavy (non-hydrogen) atoms. The maximum Gasteiger partial charge on any atom is 0.0930 e. The minimum atomic E-state index is -0.540. The SMILES string of the molecule is Cc1cc(C)c([C@H](O)CCl)c(C)c1. The zero-order chi connectivity index (χ0) is 10.0. The van der Waals surface area contributed by atoms with Gasteiger partial charge >= 0.3 is 0 Å². The van der Waals surface area contributed by atoms with Crippen LogP contribution in [0, 0.1) is 20.8 Å². The topological polar surface area (TPSA) is 20.2 Å². The average Bonchev–Trinajstić information content (AvgIpc) is 2.02. The summed E-state index contributed by atoms with van der Waals surface area (Å²) in [6, 6.07) is 4.14. The average molecular weight is 199 g/mol. The van der Waals surface area contributed by atoms with Gasteiger partial charge < -0.3 is 5.11 Å². The van der Waals surface area contributed by atoms with Gasteiger partial charge in [0.2, 0.25) is 0 Å². The van der Waals surface area contributed by atoms with E-state index >= 15 is 0 Å². The minimum absolute atomic E-state index is 0.255. The van der Waals surface area contributed by atoms with Crippen molar-refractivity contribution < 1.29 is 5.11 Å². The van der Waals surface area contributed by atoms with Gasteiger partial charge in [-0.2, -0.15) is 0 Å². The van der Waals surface area contributed by atoms with Crippen molar-refractivity contribution in [3.05, 3.63) is 34.4 Å². The Morgan fingerprint density at radius 3 is 2.08 bits per heavy atom. The summed E-state index contributed by atoms with van der Waals surface area (Å²) in [5, 5.41) is 9.65. The van der Waals surface area contributed by atoms with Crippen molar-refractivity contribution in [2.75, 3.05) is 5.88 Å². The molecule has 72 valence electrons. The molecule has 1 atom stereocenters. The maximum absolute atomic E-state index is 9.65. The number of benzene rings is 1. The number of hydrogen-bond donors (Lipinski definition) is 1. The molecule has 0 saturated heterocycles. The predicted octanol–water partition coefficient (Wildman–Crippen LogP) is 2.88. The second-order valence-electron chi connectivity index (χ2n) is 3.48. The highest BCUT2D eigenvalue weighted by molar-refractivity contribution is 6.18. The molecule has 0 aliphatic heterocycles. The van der Waals surface area contributed by atoms with Crippen LogP contribution in [0.5, 0.6) is 0 Å². The molecule has 0 fully saturated rings. The van der Waals surface area contributed by atoms with Crippen LogP contribution in [0.15, 0.2) is 12.1 Å². The molecule has 0 aliphatic rings. The van der Waals surface area contributed by atoms with Crippen molar-refractivity contribution in [3.63, 3.8) is 0 Å². The first-order valence-electron chi connectivity index (χ1n) is 4.38. The maximum atomic E-state index is 9.65. The molecule has 0 amide bonds. The molecule has 0 aromatic heterocycles. The fourth-order valence-electron chi connectivity index (χ4n) is 1.79. The van der Waals surface area contributed by atoms with E-state index in [1.807, 2.05) is 13.8 Å². The number of aryl methyl sites for hydroxylation is 3. The van der Waals surface area contributed by atoms with Gasteiger partial charge in [0.1, 0.15) is 0 Å². The zero-order valence-electron chi connectivity index (χ0n) is 8.26. The number of halogens is 1. The highest BCUT2D eigenvalue weighted by Crippen LogP contribution is 2.24. The van der Waals surface area contributed by atoms with E-state index in [-0.39, 0.29) is 5.88 Å². The Balaban J connectivity index is 3.20. The van der Waals surface area contributed by atoms with Crippen LogP contribution in [-0.2, 0) is 0 Å².